The number of piperidine rings is 1. The van der Waals surface area contributed by atoms with Gasteiger partial charge in [0.15, 0.2) is 0 Å². The third-order valence-corrected chi connectivity index (χ3v) is 5.34. The van der Waals surface area contributed by atoms with E-state index in [4.69, 9.17) is 11.6 Å². The van der Waals surface area contributed by atoms with Crippen LogP contribution in [-0.2, 0) is 4.79 Å². The predicted molar refractivity (Wildman–Crippen MR) is 110 cm³/mol. The number of para-hydroxylation sites is 2. The molecule has 5 nitrogen and oxygen atoms in total. The smallest absolute Gasteiger partial charge is 0.316 e. The molecule has 1 N–H and O–H groups in total. The Kier molecular flexibility index (Phi) is 6.86. The summed E-state index contributed by atoms with van der Waals surface area (Å²) in [6, 6.07) is 8.77. The monoisotopic (exact) mass is 457 g/mol. The number of carbonyl (C=O) groups excluding carboxylic acids is 2. The highest BCUT2D eigenvalue weighted by Gasteiger charge is 2.40. The molecule has 0 radical (unpaired) electrons. The fraction of sp³-hybridized carbons (Fsp3) is 0.333. The Labute approximate surface area is 181 Å². The minimum absolute atomic E-state index is 0.0547. The molecule has 1 aliphatic heterocycles. The molecule has 1 aliphatic rings. The largest absolute Gasteiger partial charge is 0.471 e. The summed E-state index contributed by atoms with van der Waals surface area (Å²) in [5.74, 6) is -3.71. The first-order chi connectivity index (χ1) is 14.6. The van der Waals surface area contributed by atoms with Crippen molar-refractivity contribution in [3.05, 3.63) is 58.9 Å². The lowest BCUT2D eigenvalue weighted by molar-refractivity contribution is -0.167. The summed E-state index contributed by atoms with van der Waals surface area (Å²) in [6.07, 6.45) is -4.06. The molecule has 0 aliphatic carbocycles. The van der Waals surface area contributed by atoms with E-state index in [2.05, 4.69) is 4.90 Å². The second-order valence-electron chi connectivity index (χ2n) is 7.30. The van der Waals surface area contributed by atoms with Crippen molar-refractivity contribution in [1.29, 1.82) is 0 Å². The number of benzene rings is 2. The second kappa shape index (κ2) is 9.23. The Morgan fingerprint density at radius 2 is 1.77 bits per heavy atom. The van der Waals surface area contributed by atoms with Gasteiger partial charge >= 0.3 is 12.1 Å². The van der Waals surface area contributed by atoms with Crippen LogP contribution in [-0.4, -0.2) is 49.1 Å². The minimum Gasteiger partial charge on any atom is -0.316 e. The zero-order valence-corrected chi connectivity index (χ0v) is 17.3. The molecule has 2 amide bonds. The number of alkyl halides is 3. The van der Waals surface area contributed by atoms with E-state index in [0.717, 1.165) is 6.07 Å². The van der Waals surface area contributed by atoms with Crippen molar-refractivity contribution in [3.8, 4) is 0 Å². The lowest BCUT2D eigenvalue weighted by Gasteiger charge is -2.38. The average molecular weight is 458 g/mol. The lowest BCUT2D eigenvalue weighted by Crippen LogP contribution is -2.47. The molecule has 1 fully saturated rings. The Hall–Kier alpha value is -2.65. The van der Waals surface area contributed by atoms with E-state index in [1.165, 1.54) is 41.3 Å². The standard InChI is InChI=1S/C21H20ClF4N3O2/c1-28-10-8-14(9-11-28)29(19(30)15-12-13(22)6-7-16(15)23)18-5-3-2-4-17(18)27-20(31)21(24,25)26/h2-7,12,14H,8-11H2,1H3,(H,27,31). The molecule has 0 saturated carbocycles. The van der Waals surface area contributed by atoms with Crippen molar-refractivity contribution < 1.29 is 27.2 Å². The average Bonchev–Trinajstić information content (AvgIpc) is 2.71. The molecule has 1 heterocycles. The first-order valence-corrected chi connectivity index (χ1v) is 9.90. The number of likely N-dealkylation sites (tertiary alicyclic amines) is 1. The molecule has 10 heteroatoms. The quantitative estimate of drug-likeness (QED) is 0.676. The number of amides is 2. The van der Waals surface area contributed by atoms with Crippen LogP contribution in [0.5, 0.6) is 0 Å². The van der Waals surface area contributed by atoms with Gasteiger partial charge in [-0.2, -0.15) is 13.2 Å². The molecule has 2 aromatic rings. The third-order valence-electron chi connectivity index (χ3n) is 5.10. The van der Waals surface area contributed by atoms with Gasteiger partial charge in [0, 0.05) is 11.1 Å². The summed E-state index contributed by atoms with van der Waals surface area (Å²) in [5.41, 5.74) is -0.443. The molecular weight excluding hydrogens is 438 g/mol. The topological polar surface area (TPSA) is 52.6 Å². The Bertz CT molecular complexity index is 975. The minimum atomic E-state index is -5.10. The summed E-state index contributed by atoms with van der Waals surface area (Å²) in [4.78, 5) is 28.3. The van der Waals surface area contributed by atoms with Crippen LogP contribution in [0.15, 0.2) is 42.5 Å². The SMILES string of the molecule is CN1CCC(N(C(=O)c2cc(Cl)ccc2F)c2ccccc2NC(=O)C(F)(F)F)CC1. The van der Waals surface area contributed by atoms with Crippen LogP contribution in [0.25, 0.3) is 0 Å². The number of carbonyl (C=O) groups is 2. The number of hydrogen-bond donors (Lipinski definition) is 1. The van der Waals surface area contributed by atoms with E-state index in [0.29, 0.717) is 25.9 Å². The Morgan fingerprint density at radius 1 is 1.13 bits per heavy atom. The van der Waals surface area contributed by atoms with Crippen LogP contribution in [0, 0.1) is 5.82 Å². The van der Waals surface area contributed by atoms with Gasteiger partial charge in [-0.15, -0.1) is 0 Å². The number of anilines is 2. The van der Waals surface area contributed by atoms with Crippen LogP contribution in [0.2, 0.25) is 5.02 Å². The number of nitrogens with zero attached hydrogens (tertiary/aromatic N) is 2. The highest BCUT2D eigenvalue weighted by atomic mass is 35.5. The predicted octanol–water partition coefficient (Wildman–Crippen LogP) is 4.72. The van der Waals surface area contributed by atoms with Crippen molar-refractivity contribution in [3.63, 3.8) is 0 Å². The molecule has 0 spiro atoms. The number of rotatable bonds is 4. The van der Waals surface area contributed by atoms with Crippen molar-refractivity contribution in [2.45, 2.75) is 25.1 Å². The van der Waals surface area contributed by atoms with Crippen LogP contribution >= 0.6 is 11.6 Å². The van der Waals surface area contributed by atoms with Crippen molar-refractivity contribution in [2.75, 3.05) is 30.4 Å². The van der Waals surface area contributed by atoms with Gasteiger partial charge in [0.05, 0.1) is 16.9 Å². The van der Waals surface area contributed by atoms with Gasteiger partial charge in [-0.05, 0) is 63.3 Å². The van der Waals surface area contributed by atoms with E-state index in [-0.39, 0.29) is 22.0 Å². The normalized spacial score (nSPS) is 15.5. The Morgan fingerprint density at radius 3 is 2.42 bits per heavy atom. The highest BCUT2D eigenvalue weighted by Crippen LogP contribution is 2.33. The van der Waals surface area contributed by atoms with Gasteiger partial charge in [0.1, 0.15) is 5.82 Å². The zero-order chi connectivity index (χ0) is 22.8. The first-order valence-electron chi connectivity index (χ1n) is 9.52. The molecular formula is C21H20ClF4N3O2. The number of nitrogens with one attached hydrogen (secondary N) is 1. The van der Waals surface area contributed by atoms with Crippen LogP contribution < -0.4 is 10.2 Å². The van der Waals surface area contributed by atoms with Gasteiger partial charge in [-0.3, -0.25) is 9.59 Å². The molecule has 0 atom stereocenters. The zero-order valence-electron chi connectivity index (χ0n) is 16.5. The van der Waals surface area contributed by atoms with Crippen molar-refractivity contribution >= 4 is 34.8 Å². The maximum Gasteiger partial charge on any atom is 0.471 e. The highest BCUT2D eigenvalue weighted by molar-refractivity contribution is 6.31. The lowest BCUT2D eigenvalue weighted by atomic mass is 10.0. The van der Waals surface area contributed by atoms with Gasteiger partial charge in [-0.1, -0.05) is 23.7 Å². The summed E-state index contributed by atoms with van der Waals surface area (Å²) < 4.78 is 52.9. The van der Waals surface area contributed by atoms with E-state index in [1.807, 2.05) is 12.4 Å². The number of hydrogen-bond acceptors (Lipinski definition) is 3. The summed E-state index contributed by atoms with van der Waals surface area (Å²) in [5, 5.41) is 1.97. The van der Waals surface area contributed by atoms with E-state index in [1.54, 1.807) is 0 Å². The van der Waals surface area contributed by atoms with E-state index in [9.17, 15) is 27.2 Å². The molecule has 3 rings (SSSR count). The maximum absolute atomic E-state index is 14.5. The molecule has 2 aromatic carbocycles. The first kappa shape index (κ1) is 23.0. The molecule has 0 unspecified atom stereocenters. The molecule has 1 saturated heterocycles. The fourth-order valence-corrected chi connectivity index (χ4v) is 3.67. The van der Waals surface area contributed by atoms with Gasteiger partial charge in [0.25, 0.3) is 5.91 Å². The van der Waals surface area contributed by atoms with Crippen molar-refractivity contribution in [2.24, 2.45) is 0 Å². The Balaban J connectivity index is 2.06. The maximum atomic E-state index is 14.5. The number of halogens is 5. The molecule has 166 valence electrons. The van der Waals surface area contributed by atoms with Gasteiger partial charge in [0.2, 0.25) is 0 Å². The van der Waals surface area contributed by atoms with E-state index >= 15 is 0 Å². The molecule has 0 bridgehead atoms. The second-order valence-corrected chi connectivity index (χ2v) is 7.74. The van der Waals surface area contributed by atoms with Crippen LogP contribution in [0.3, 0.4) is 0 Å². The van der Waals surface area contributed by atoms with Gasteiger partial charge in [-0.25, -0.2) is 4.39 Å². The third kappa shape index (κ3) is 5.34. The van der Waals surface area contributed by atoms with Crippen LogP contribution in [0.1, 0.15) is 23.2 Å². The molecule has 31 heavy (non-hydrogen) atoms. The van der Waals surface area contributed by atoms with E-state index < -0.39 is 29.8 Å². The van der Waals surface area contributed by atoms with Crippen LogP contribution in [0.4, 0.5) is 28.9 Å². The summed E-state index contributed by atoms with van der Waals surface area (Å²) >= 11 is 5.94. The van der Waals surface area contributed by atoms with Gasteiger partial charge < -0.3 is 15.1 Å². The molecule has 0 aromatic heterocycles. The summed E-state index contributed by atoms with van der Waals surface area (Å²) in [7, 11) is 1.91. The fourth-order valence-electron chi connectivity index (χ4n) is 3.50. The summed E-state index contributed by atoms with van der Waals surface area (Å²) in [6.45, 7) is 1.28. The van der Waals surface area contributed by atoms with Crippen molar-refractivity contribution in [1.82, 2.24) is 4.90 Å².